The zero-order valence-corrected chi connectivity index (χ0v) is 15.8. The van der Waals surface area contributed by atoms with Crippen LogP contribution in [0.1, 0.15) is 70.5 Å². The number of amides is 1. The molecule has 3 atom stereocenters. The van der Waals surface area contributed by atoms with E-state index in [0.29, 0.717) is 22.5 Å². The minimum Gasteiger partial charge on any atom is -0.342 e. The lowest BCUT2D eigenvalue weighted by Crippen LogP contribution is -2.40. The summed E-state index contributed by atoms with van der Waals surface area (Å²) in [5.74, 6) is 3.04. The molecular weight excluding hydrogens is 320 g/mol. The molecule has 24 heavy (non-hydrogen) atoms. The molecule has 0 aromatic carbocycles. The van der Waals surface area contributed by atoms with Crippen LogP contribution in [0.15, 0.2) is 0 Å². The second kappa shape index (κ2) is 7.81. The average molecular weight is 351 g/mol. The maximum absolute atomic E-state index is 12.8. The molecule has 1 saturated carbocycles. The SMILES string of the molecule is CCn1c([C@@H]2CCCN(C(=O)C[C@H]3CCC[C@@H](C)C3)C2)n[nH]c1=S. The highest BCUT2D eigenvalue weighted by molar-refractivity contribution is 7.71. The third-order valence-electron chi connectivity index (χ3n) is 5.75. The number of aromatic amines is 1. The van der Waals surface area contributed by atoms with Crippen LogP contribution < -0.4 is 0 Å². The van der Waals surface area contributed by atoms with Gasteiger partial charge in [-0.05, 0) is 56.7 Å². The van der Waals surface area contributed by atoms with E-state index < -0.39 is 0 Å². The second-order valence-corrected chi connectivity index (χ2v) is 8.04. The Hall–Kier alpha value is -1.17. The molecule has 1 aromatic heterocycles. The number of carbonyl (C=O) groups is 1. The molecule has 6 heteroatoms. The summed E-state index contributed by atoms with van der Waals surface area (Å²) in [5.41, 5.74) is 0. The van der Waals surface area contributed by atoms with Crippen molar-refractivity contribution in [1.82, 2.24) is 19.7 Å². The molecule has 1 saturated heterocycles. The van der Waals surface area contributed by atoms with Crippen LogP contribution in [0.5, 0.6) is 0 Å². The third-order valence-corrected chi connectivity index (χ3v) is 6.06. The van der Waals surface area contributed by atoms with Gasteiger partial charge >= 0.3 is 0 Å². The quantitative estimate of drug-likeness (QED) is 0.838. The van der Waals surface area contributed by atoms with Gasteiger partial charge in [-0.3, -0.25) is 9.89 Å². The van der Waals surface area contributed by atoms with Crippen LogP contribution in [-0.4, -0.2) is 38.7 Å². The number of nitrogens with zero attached hydrogens (tertiary/aromatic N) is 3. The number of nitrogens with one attached hydrogen (secondary N) is 1. The summed E-state index contributed by atoms with van der Waals surface area (Å²) in [6.07, 6.45) is 7.94. The first-order chi connectivity index (χ1) is 11.6. The van der Waals surface area contributed by atoms with Crippen molar-refractivity contribution in [2.45, 2.75) is 71.3 Å². The topological polar surface area (TPSA) is 53.9 Å². The molecule has 2 fully saturated rings. The van der Waals surface area contributed by atoms with Crippen LogP contribution in [0.2, 0.25) is 0 Å². The fourth-order valence-electron chi connectivity index (χ4n) is 4.48. The van der Waals surface area contributed by atoms with E-state index in [1.165, 1.54) is 25.7 Å². The molecule has 0 spiro atoms. The summed E-state index contributed by atoms with van der Waals surface area (Å²) in [7, 11) is 0. The van der Waals surface area contributed by atoms with E-state index in [4.69, 9.17) is 12.2 Å². The number of piperidine rings is 1. The number of aromatic nitrogens is 3. The van der Waals surface area contributed by atoms with Crippen molar-refractivity contribution in [3.8, 4) is 0 Å². The van der Waals surface area contributed by atoms with Gasteiger partial charge < -0.3 is 9.47 Å². The molecule has 5 nitrogen and oxygen atoms in total. The van der Waals surface area contributed by atoms with E-state index in [2.05, 4.69) is 33.5 Å². The minimum atomic E-state index is 0.306. The Labute approximate surface area is 149 Å². The predicted octanol–water partition coefficient (Wildman–Crippen LogP) is 3.88. The van der Waals surface area contributed by atoms with Gasteiger partial charge in [0.05, 0.1) is 0 Å². The number of likely N-dealkylation sites (tertiary alicyclic amines) is 1. The fourth-order valence-corrected chi connectivity index (χ4v) is 4.75. The fraction of sp³-hybridized carbons (Fsp3) is 0.833. The normalized spacial score (nSPS) is 28.1. The summed E-state index contributed by atoms with van der Waals surface area (Å²) in [6, 6.07) is 0. The number of hydrogen-bond donors (Lipinski definition) is 1. The van der Waals surface area contributed by atoms with Gasteiger partial charge in [0.2, 0.25) is 5.91 Å². The van der Waals surface area contributed by atoms with Crippen molar-refractivity contribution in [2.75, 3.05) is 13.1 Å². The highest BCUT2D eigenvalue weighted by atomic mass is 32.1. The van der Waals surface area contributed by atoms with E-state index in [1.54, 1.807) is 0 Å². The van der Waals surface area contributed by atoms with Crippen molar-refractivity contribution in [3.05, 3.63) is 10.6 Å². The Morgan fingerprint density at radius 3 is 2.92 bits per heavy atom. The Bertz CT molecular complexity index is 623. The smallest absolute Gasteiger partial charge is 0.222 e. The first-order valence-corrected chi connectivity index (χ1v) is 9.92. The maximum Gasteiger partial charge on any atom is 0.222 e. The number of hydrogen-bond acceptors (Lipinski definition) is 3. The Balaban J connectivity index is 1.62. The predicted molar refractivity (Wildman–Crippen MR) is 97.4 cm³/mol. The first kappa shape index (κ1) is 17.6. The highest BCUT2D eigenvalue weighted by Gasteiger charge is 2.30. The molecule has 1 aliphatic heterocycles. The minimum absolute atomic E-state index is 0.306. The van der Waals surface area contributed by atoms with Crippen LogP contribution in [0, 0.1) is 16.6 Å². The molecule has 1 N–H and O–H groups in total. The summed E-state index contributed by atoms with van der Waals surface area (Å²) in [5, 5.41) is 7.35. The monoisotopic (exact) mass is 350 g/mol. The summed E-state index contributed by atoms with van der Waals surface area (Å²) in [4.78, 5) is 14.9. The lowest BCUT2D eigenvalue weighted by molar-refractivity contribution is -0.133. The number of carbonyl (C=O) groups excluding carboxylic acids is 1. The van der Waals surface area contributed by atoms with Crippen LogP contribution in [0.25, 0.3) is 0 Å². The van der Waals surface area contributed by atoms with Gasteiger partial charge in [0.25, 0.3) is 0 Å². The van der Waals surface area contributed by atoms with Crippen molar-refractivity contribution in [2.24, 2.45) is 11.8 Å². The van der Waals surface area contributed by atoms with Crippen molar-refractivity contribution < 1.29 is 4.79 Å². The lowest BCUT2D eigenvalue weighted by Gasteiger charge is -2.34. The summed E-state index contributed by atoms with van der Waals surface area (Å²) >= 11 is 5.31. The van der Waals surface area contributed by atoms with Gasteiger partial charge in [-0.25, -0.2) is 0 Å². The maximum atomic E-state index is 12.8. The van der Waals surface area contributed by atoms with Crippen LogP contribution in [0.4, 0.5) is 0 Å². The molecular formula is C18H30N4OS. The largest absolute Gasteiger partial charge is 0.342 e. The van der Waals surface area contributed by atoms with E-state index in [1.807, 2.05) is 0 Å². The molecule has 2 heterocycles. The molecule has 1 amide bonds. The van der Waals surface area contributed by atoms with Gasteiger partial charge in [0.1, 0.15) is 5.82 Å². The Morgan fingerprint density at radius 1 is 1.33 bits per heavy atom. The third kappa shape index (κ3) is 3.90. The zero-order chi connectivity index (χ0) is 17.1. The average Bonchev–Trinajstić information content (AvgIpc) is 2.95. The van der Waals surface area contributed by atoms with Gasteiger partial charge in [-0.2, -0.15) is 5.10 Å². The molecule has 2 aliphatic rings. The molecule has 0 unspecified atom stereocenters. The van der Waals surface area contributed by atoms with Gasteiger partial charge in [-0.1, -0.05) is 19.8 Å². The zero-order valence-electron chi connectivity index (χ0n) is 15.0. The van der Waals surface area contributed by atoms with Gasteiger partial charge in [0.15, 0.2) is 4.77 Å². The van der Waals surface area contributed by atoms with Crippen molar-refractivity contribution >= 4 is 18.1 Å². The first-order valence-electron chi connectivity index (χ1n) is 9.51. The Morgan fingerprint density at radius 2 is 2.17 bits per heavy atom. The second-order valence-electron chi connectivity index (χ2n) is 7.65. The molecule has 3 rings (SSSR count). The number of rotatable bonds is 4. The van der Waals surface area contributed by atoms with Gasteiger partial charge in [-0.15, -0.1) is 0 Å². The van der Waals surface area contributed by atoms with E-state index >= 15 is 0 Å². The lowest BCUT2D eigenvalue weighted by atomic mass is 9.80. The highest BCUT2D eigenvalue weighted by Crippen LogP contribution is 2.32. The van der Waals surface area contributed by atoms with E-state index in [0.717, 1.165) is 50.6 Å². The van der Waals surface area contributed by atoms with E-state index in [9.17, 15) is 4.79 Å². The van der Waals surface area contributed by atoms with E-state index in [-0.39, 0.29) is 0 Å². The molecule has 1 aliphatic carbocycles. The number of H-pyrrole nitrogens is 1. The summed E-state index contributed by atoms with van der Waals surface area (Å²) in [6.45, 7) is 6.93. The van der Waals surface area contributed by atoms with Crippen molar-refractivity contribution in [1.29, 1.82) is 0 Å². The standard InChI is InChI=1S/C18H30N4OS/c1-3-22-17(19-20-18(22)24)15-8-5-9-21(12-15)16(23)11-14-7-4-6-13(2)10-14/h13-15H,3-12H2,1-2H3,(H,20,24)/t13-,14+,15-/m1/s1. The molecule has 0 bridgehead atoms. The molecule has 0 radical (unpaired) electrons. The van der Waals surface area contributed by atoms with Crippen LogP contribution in [-0.2, 0) is 11.3 Å². The molecule has 134 valence electrons. The van der Waals surface area contributed by atoms with Crippen molar-refractivity contribution in [3.63, 3.8) is 0 Å². The van der Waals surface area contributed by atoms with Crippen LogP contribution >= 0.6 is 12.2 Å². The summed E-state index contributed by atoms with van der Waals surface area (Å²) < 4.78 is 2.75. The van der Waals surface area contributed by atoms with Crippen LogP contribution in [0.3, 0.4) is 0 Å². The van der Waals surface area contributed by atoms with Gasteiger partial charge in [0, 0.05) is 32.0 Å². The molecule has 1 aromatic rings. The Kier molecular flexibility index (Phi) is 5.74.